The second-order valence-electron chi connectivity index (χ2n) is 10.9. The van der Waals surface area contributed by atoms with E-state index in [9.17, 15) is 9.36 Å². The van der Waals surface area contributed by atoms with E-state index in [0.29, 0.717) is 35.1 Å². The SMILES string of the molecule is C=CC(=O)N1CC(N2CCN3c4ccc(Nc5ncc(Cl)c(Nc6ccccc6P(C)(C)=O)n5)cc4OC[C@H]3C2)C1. The van der Waals surface area contributed by atoms with Crippen LogP contribution in [0.1, 0.15) is 0 Å². The van der Waals surface area contributed by atoms with Crippen LogP contribution >= 0.6 is 18.7 Å². The molecule has 2 N–H and O–H groups in total. The summed E-state index contributed by atoms with van der Waals surface area (Å²) in [5.74, 6) is 1.61. The summed E-state index contributed by atoms with van der Waals surface area (Å²) in [5, 5.41) is 7.57. The molecule has 1 aromatic heterocycles. The second-order valence-corrected chi connectivity index (χ2v) is 14.5. The number of ether oxygens (including phenoxy) is 1. The van der Waals surface area contributed by atoms with Gasteiger partial charge < -0.3 is 29.7 Å². The van der Waals surface area contributed by atoms with Gasteiger partial charge in [0.25, 0.3) is 0 Å². The lowest BCUT2D eigenvalue weighted by Crippen LogP contribution is -2.67. The van der Waals surface area contributed by atoms with Crippen molar-refractivity contribution in [1.29, 1.82) is 0 Å². The first-order valence-electron chi connectivity index (χ1n) is 13.6. The van der Waals surface area contributed by atoms with E-state index in [0.717, 1.165) is 55.2 Å². The summed E-state index contributed by atoms with van der Waals surface area (Å²) >= 11 is 6.41. The molecule has 4 heterocycles. The number of aromatic nitrogens is 2. The molecule has 2 aromatic carbocycles. The minimum Gasteiger partial charge on any atom is -0.489 e. The molecule has 2 saturated heterocycles. The molecule has 3 aliphatic rings. The van der Waals surface area contributed by atoms with Crippen LogP contribution in [0.25, 0.3) is 0 Å². The molecular formula is C29H33ClN7O3P. The predicted molar refractivity (Wildman–Crippen MR) is 164 cm³/mol. The number of piperazine rings is 1. The van der Waals surface area contributed by atoms with Crippen LogP contribution in [-0.4, -0.2) is 90.4 Å². The third-order valence-corrected chi connectivity index (χ3v) is 9.64. The van der Waals surface area contributed by atoms with Crippen LogP contribution in [0.5, 0.6) is 5.75 Å². The van der Waals surface area contributed by atoms with Crippen molar-refractivity contribution in [3.63, 3.8) is 0 Å². The molecule has 3 aromatic rings. The van der Waals surface area contributed by atoms with Gasteiger partial charge in [-0.1, -0.05) is 30.3 Å². The number of fused-ring (bicyclic) bond motifs is 3. The molecule has 0 spiro atoms. The van der Waals surface area contributed by atoms with Crippen molar-refractivity contribution < 1.29 is 14.1 Å². The van der Waals surface area contributed by atoms with Gasteiger partial charge in [-0.2, -0.15) is 4.98 Å². The summed E-state index contributed by atoms with van der Waals surface area (Å²) in [6.07, 6.45) is 2.92. The number of likely N-dealkylation sites (tertiary alicyclic amines) is 1. The Morgan fingerprint density at radius 1 is 1.12 bits per heavy atom. The number of para-hydroxylation sites is 1. The number of carbonyl (C=O) groups excluding carboxylic acids is 1. The highest BCUT2D eigenvalue weighted by Gasteiger charge is 2.40. The average Bonchev–Trinajstić information content (AvgIpc) is 2.93. The van der Waals surface area contributed by atoms with Gasteiger partial charge >= 0.3 is 0 Å². The van der Waals surface area contributed by atoms with Crippen molar-refractivity contribution in [1.82, 2.24) is 19.8 Å². The number of amides is 1. The average molecular weight is 594 g/mol. The van der Waals surface area contributed by atoms with E-state index in [1.807, 2.05) is 41.3 Å². The topological polar surface area (TPSA) is 103 Å². The Hall–Kier alpha value is -3.59. The van der Waals surface area contributed by atoms with E-state index >= 15 is 0 Å². The molecule has 3 aliphatic heterocycles. The standard InChI is InChI=1S/C29H33ClN7O3P/c1-4-27(38)36-15-20(16-36)35-11-12-37-21(17-35)18-40-25-13-19(9-10-24(25)37)32-29-31-14-22(30)28(34-29)33-23-7-5-6-8-26(23)41(2,3)39/h4-10,13-14,20-21H,1,11-12,15-18H2,2-3H3,(H2,31,32,33,34)/t21-/m1/s1. The first-order valence-corrected chi connectivity index (χ1v) is 16.6. The lowest BCUT2D eigenvalue weighted by molar-refractivity contribution is -0.133. The van der Waals surface area contributed by atoms with Gasteiger partial charge in [0.2, 0.25) is 11.9 Å². The van der Waals surface area contributed by atoms with Crippen molar-refractivity contribution in [2.24, 2.45) is 0 Å². The number of rotatable bonds is 7. The predicted octanol–water partition coefficient (Wildman–Crippen LogP) is 4.15. The number of nitrogens with zero attached hydrogens (tertiary/aromatic N) is 5. The fraction of sp³-hybridized carbons (Fsp3) is 0.345. The summed E-state index contributed by atoms with van der Waals surface area (Å²) in [5.41, 5.74) is 2.56. The van der Waals surface area contributed by atoms with Gasteiger partial charge in [0.15, 0.2) is 5.82 Å². The smallest absolute Gasteiger partial charge is 0.246 e. The molecule has 0 unspecified atom stereocenters. The van der Waals surface area contributed by atoms with Crippen molar-refractivity contribution in [3.8, 4) is 5.75 Å². The third-order valence-electron chi connectivity index (χ3n) is 7.82. The molecule has 6 rings (SSSR count). The molecule has 2 fully saturated rings. The van der Waals surface area contributed by atoms with Crippen molar-refractivity contribution in [3.05, 3.63) is 66.3 Å². The quantitative estimate of drug-likeness (QED) is 0.309. The number of carbonyl (C=O) groups is 1. The third kappa shape index (κ3) is 5.64. The maximum absolute atomic E-state index is 12.8. The summed E-state index contributed by atoms with van der Waals surface area (Å²) in [6.45, 7) is 11.9. The van der Waals surface area contributed by atoms with Crippen LogP contribution < -0.4 is 25.6 Å². The van der Waals surface area contributed by atoms with Gasteiger partial charge in [0.1, 0.15) is 24.5 Å². The Bertz CT molecular complexity index is 1540. The zero-order valence-corrected chi connectivity index (χ0v) is 24.7. The van der Waals surface area contributed by atoms with Crippen LogP contribution in [-0.2, 0) is 9.36 Å². The molecule has 1 atom stereocenters. The molecule has 0 bridgehead atoms. The summed E-state index contributed by atoms with van der Waals surface area (Å²) in [4.78, 5) is 27.5. The van der Waals surface area contributed by atoms with Crippen LogP contribution in [0.3, 0.4) is 0 Å². The molecule has 41 heavy (non-hydrogen) atoms. The van der Waals surface area contributed by atoms with Gasteiger partial charge in [-0.15, -0.1) is 0 Å². The molecule has 0 aliphatic carbocycles. The minimum absolute atomic E-state index is 0.00513. The summed E-state index contributed by atoms with van der Waals surface area (Å²) in [7, 11) is -2.51. The molecule has 214 valence electrons. The molecule has 12 heteroatoms. The fourth-order valence-electron chi connectivity index (χ4n) is 5.62. The van der Waals surface area contributed by atoms with Crippen molar-refractivity contribution in [2.75, 3.05) is 68.2 Å². The van der Waals surface area contributed by atoms with E-state index in [2.05, 4.69) is 43.0 Å². The van der Waals surface area contributed by atoms with Crippen molar-refractivity contribution >= 4 is 58.8 Å². The Morgan fingerprint density at radius 2 is 1.93 bits per heavy atom. The van der Waals surface area contributed by atoms with Gasteiger partial charge in [0.05, 0.1) is 23.6 Å². The minimum atomic E-state index is -2.51. The Kier molecular flexibility index (Phi) is 7.40. The van der Waals surface area contributed by atoms with Crippen LogP contribution in [0.4, 0.5) is 28.8 Å². The molecule has 10 nitrogen and oxygen atoms in total. The van der Waals surface area contributed by atoms with E-state index in [1.165, 1.54) is 12.3 Å². The largest absolute Gasteiger partial charge is 0.489 e. The molecule has 1 amide bonds. The highest BCUT2D eigenvalue weighted by atomic mass is 35.5. The van der Waals surface area contributed by atoms with Crippen LogP contribution in [0.15, 0.2) is 61.3 Å². The number of nitrogens with one attached hydrogen (secondary N) is 2. The Morgan fingerprint density at radius 3 is 2.71 bits per heavy atom. The number of hydrogen-bond donors (Lipinski definition) is 2. The number of anilines is 5. The molecular weight excluding hydrogens is 561 g/mol. The van der Waals surface area contributed by atoms with Gasteiger partial charge in [-0.25, -0.2) is 4.98 Å². The first kappa shape index (κ1) is 27.6. The van der Waals surface area contributed by atoms with Gasteiger partial charge in [-0.3, -0.25) is 9.69 Å². The zero-order chi connectivity index (χ0) is 28.7. The number of halogens is 1. The van der Waals surface area contributed by atoms with Crippen LogP contribution in [0.2, 0.25) is 5.02 Å². The molecule has 0 radical (unpaired) electrons. The number of benzene rings is 2. The lowest BCUT2D eigenvalue weighted by atomic mass is 10.0. The zero-order valence-electron chi connectivity index (χ0n) is 23.1. The lowest BCUT2D eigenvalue weighted by Gasteiger charge is -2.51. The monoisotopic (exact) mass is 593 g/mol. The highest BCUT2D eigenvalue weighted by molar-refractivity contribution is 7.70. The fourth-order valence-corrected chi connectivity index (χ4v) is 6.91. The maximum Gasteiger partial charge on any atom is 0.246 e. The Labute approximate surface area is 244 Å². The van der Waals surface area contributed by atoms with Gasteiger partial charge in [0, 0.05) is 55.8 Å². The highest BCUT2D eigenvalue weighted by Crippen LogP contribution is 2.40. The Balaban J connectivity index is 1.13. The second kappa shape index (κ2) is 11.0. The number of hydrogen-bond acceptors (Lipinski definition) is 9. The van der Waals surface area contributed by atoms with Crippen LogP contribution in [0, 0.1) is 0 Å². The maximum atomic E-state index is 12.8. The summed E-state index contributed by atoms with van der Waals surface area (Å²) in [6, 6.07) is 14.1. The normalized spacial score (nSPS) is 19.0. The summed E-state index contributed by atoms with van der Waals surface area (Å²) < 4.78 is 19.0. The van der Waals surface area contributed by atoms with Crippen molar-refractivity contribution in [2.45, 2.75) is 12.1 Å². The van der Waals surface area contributed by atoms with E-state index in [4.69, 9.17) is 16.3 Å². The van der Waals surface area contributed by atoms with E-state index in [1.54, 1.807) is 13.3 Å². The van der Waals surface area contributed by atoms with Gasteiger partial charge in [-0.05, 0) is 43.7 Å². The molecule has 0 saturated carbocycles. The van der Waals surface area contributed by atoms with E-state index in [-0.39, 0.29) is 11.9 Å². The first-order chi connectivity index (χ1) is 19.7. The van der Waals surface area contributed by atoms with E-state index < -0.39 is 7.14 Å².